The summed E-state index contributed by atoms with van der Waals surface area (Å²) in [5, 5.41) is 16.3. The Hall–Kier alpha value is -2.27. The van der Waals surface area contributed by atoms with E-state index in [0.717, 1.165) is 3.57 Å². The molecule has 0 saturated carbocycles. The van der Waals surface area contributed by atoms with E-state index in [9.17, 15) is 14.9 Å². The molecule has 2 aromatic rings. The van der Waals surface area contributed by atoms with Gasteiger partial charge in [0.15, 0.2) is 5.11 Å². The number of benzene rings is 2. The van der Waals surface area contributed by atoms with Crippen LogP contribution in [0.15, 0.2) is 36.4 Å². The third-order valence-electron chi connectivity index (χ3n) is 3.30. The zero-order valence-electron chi connectivity index (χ0n) is 13.3. The number of nitro benzene ring substituents is 1. The number of carbonyl (C=O) groups excluding carboxylic acids is 1. The molecule has 130 valence electrons. The monoisotopic (exact) mass is 471 g/mol. The third kappa shape index (κ3) is 4.86. The Morgan fingerprint density at radius 2 is 2.00 bits per heavy atom. The Bertz CT molecular complexity index is 857. The number of rotatable bonds is 4. The second-order valence-corrected chi connectivity index (χ2v) is 6.59. The van der Waals surface area contributed by atoms with Crippen LogP contribution >= 0.6 is 34.8 Å². The molecule has 2 aromatic carbocycles. The minimum atomic E-state index is -0.471. The van der Waals surface area contributed by atoms with Crippen molar-refractivity contribution in [1.29, 1.82) is 0 Å². The first-order valence-electron chi connectivity index (χ1n) is 7.02. The molecule has 0 aliphatic rings. The van der Waals surface area contributed by atoms with Crippen LogP contribution in [-0.4, -0.2) is 23.1 Å². The highest BCUT2D eigenvalue weighted by atomic mass is 127. The molecule has 0 saturated heterocycles. The maximum atomic E-state index is 12.2. The molecule has 0 atom stereocenters. The van der Waals surface area contributed by atoms with Gasteiger partial charge in [-0.3, -0.25) is 20.2 Å². The van der Waals surface area contributed by atoms with E-state index in [0.29, 0.717) is 22.6 Å². The molecule has 9 heteroatoms. The fourth-order valence-corrected chi connectivity index (χ4v) is 2.98. The minimum Gasteiger partial charge on any atom is -0.496 e. The zero-order chi connectivity index (χ0) is 18.6. The fourth-order valence-electron chi connectivity index (χ4n) is 2.03. The van der Waals surface area contributed by atoms with Crippen LogP contribution < -0.4 is 15.4 Å². The fraction of sp³-hybridized carbons (Fsp3) is 0.125. The van der Waals surface area contributed by atoms with Crippen LogP contribution in [0.2, 0.25) is 0 Å². The summed E-state index contributed by atoms with van der Waals surface area (Å²) in [5.74, 6) is 0.282. The van der Waals surface area contributed by atoms with Crippen molar-refractivity contribution in [3.8, 4) is 5.75 Å². The molecular weight excluding hydrogens is 457 g/mol. The summed E-state index contributed by atoms with van der Waals surface area (Å²) in [4.78, 5) is 22.7. The number of halogens is 1. The highest BCUT2D eigenvalue weighted by Crippen LogP contribution is 2.23. The summed E-state index contributed by atoms with van der Waals surface area (Å²) in [6, 6.07) is 9.61. The molecule has 0 unspecified atom stereocenters. The number of nitrogens with one attached hydrogen (secondary N) is 2. The Morgan fingerprint density at radius 1 is 1.28 bits per heavy atom. The van der Waals surface area contributed by atoms with Crippen LogP contribution in [0.1, 0.15) is 15.9 Å². The molecule has 1 amide bonds. The Balaban J connectivity index is 2.07. The molecule has 0 aliphatic heterocycles. The molecule has 0 fully saturated rings. The Kier molecular flexibility index (Phi) is 6.26. The topological polar surface area (TPSA) is 93.5 Å². The summed E-state index contributed by atoms with van der Waals surface area (Å²) < 4.78 is 5.94. The van der Waals surface area contributed by atoms with E-state index in [1.54, 1.807) is 44.4 Å². The molecule has 0 spiro atoms. The average molecular weight is 471 g/mol. The van der Waals surface area contributed by atoms with Gasteiger partial charge in [-0.15, -0.1) is 0 Å². The summed E-state index contributed by atoms with van der Waals surface area (Å²) in [5.41, 5.74) is 1.36. The van der Waals surface area contributed by atoms with E-state index >= 15 is 0 Å². The number of anilines is 1. The number of methoxy groups -OCH3 is 1. The van der Waals surface area contributed by atoms with Crippen LogP contribution in [-0.2, 0) is 0 Å². The summed E-state index contributed by atoms with van der Waals surface area (Å²) in [6.07, 6.45) is 0. The van der Waals surface area contributed by atoms with Gasteiger partial charge in [-0.2, -0.15) is 0 Å². The predicted octanol–water partition coefficient (Wildman–Crippen LogP) is 3.64. The van der Waals surface area contributed by atoms with Gasteiger partial charge in [0, 0.05) is 22.9 Å². The van der Waals surface area contributed by atoms with E-state index in [1.807, 2.05) is 0 Å². The molecule has 0 radical (unpaired) electrons. The lowest BCUT2D eigenvalue weighted by molar-refractivity contribution is -0.385. The normalized spacial score (nSPS) is 10.0. The Morgan fingerprint density at radius 3 is 2.60 bits per heavy atom. The van der Waals surface area contributed by atoms with Crippen molar-refractivity contribution in [3.63, 3.8) is 0 Å². The van der Waals surface area contributed by atoms with Gasteiger partial charge in [0.2, 0.25) is 0 Å². The number of nitro groups is 1. The van der Waals surface area contributed by atoms with Gasteiger partial charge in [0.05, 0.1) is 15.6 Å². The number of thiocarbonyl (C=S) groups is 1. The van der Waals surface area contributed by atoms with Crippen molar-refractivity contribution in [3.05, 3.63) is 61.2 Å². The van der Waals surface area contributed by atoms with E-state index in [4.69, 9.17) is 17.0 Å². The van der Waals surface area contributed by atoms with Crippen molar-refractivity contribution in [2.45, 2.75) is 6.92 Å². The van der Waals surface area contributed by atoms with Gasteiger partial charge in [-0.25, -0.2) is 0 Å². The summed E-state index contributed by atoms with van der Waals surface area (Å²) in [6.45, 7) is 1.65. The summed E-state index contributed by atoms with van der Waals surface area (Å²) >= 11 is 7.16. The molecule has 2 rings (SSSR count). The quantitative estimate of drug-likeness (QED) is 0.306. The first-order valence-corrected chi connectivity index (χ1v) is 8.51. The van der Waals surface area contributed by atoms with Gasteiger partial charge in [0.1, 0.15) is 5.75 Å². The van der Waals surface area contributed by atoms with Crippen molar-refractivity contribution in [2.75, 3.05) is 12.4 Å². The highest BCUT2D eigenvalue weighted by Gasteiger charge is 2.13. The number of ether oxygens (including phenoxy) is 1. The molecule has 25 heavy (non-hydrogen) atoms. The SMILES string of the molecule is COc1ccc(C(=O)NC(=S)Nc2ccc(C)c([N+](=O)[O-])c2)cc1I. The maximum Gasteiger partial charge on any atom is 0.274 e. The first-order chi connectivity index (χ1) is 11.8. The largest absolute Gasteiger partial charge is 0.496 e. The average Bonchev–Trinajstić information content (AvgIpc) is 2.56. The molecule has 2 N–H and O–H groups in total. The second-order valence-electron chi connectivity index (χ2n) is 5.02. The third-order valence-corrected chi connectivity index (χ3v) is 4.35. The van der Waals surface area contributed by atoms with Crippen molar-refractivity contribution in [2.24, 2.45) is 0 Å². The number of hydrogen-bond acceptors (Lipinski definition) is 5. The van der Waals surface area contributed by atoms with Gasteiger partial charge in [-0.1, -0.05) is 6.07 Å². The van der Waals surface area contributed by atoms with Gasteiger partial charge >= 0.3 is 0 Å². The van der Waals surface area contributed by atoms with E-state index in [2.05, 4.69) is 33.2 Å². The first kappa shape index (κ1) is 19.1. The predicted molar refractivity (Wildman–Crippen MR) is 107 cm³/mol. The number of nitrogens with zero attached hydrogens (tertiary/aromatic N) is 1. The van der Waals surface area contributed by atoms with E-state index < -0.39 is 4.92 Å². The minimum absolute atomic E-state index is 0.0242. The van der Waals surface area contributed by atoms with Crippen molar-refractivity contribution < 1.29 is 14.5 Å². The Labute approximate surface area is 163 Å². The molecule has 0 heterocycles. The lowest BCUT2D eigenvalue weighted by Crippen LogP contribution is -2.34. The standard InChI is InChI=1S/C16H14IN3O4S/c1-9-3-5-11(8-13(9)20(22)23)18-16(25)19-15(21)10-4-6-14(24-2)12(17)7-10/h3-8H,1-2H3,(H2,18,19,21,25). The van der Waals surface area contributed by atoms with Gasteiger partial charge in [-0.05, 0) is 66.0 Å². The smallest absolute Gasteiger partial charge is 0.274 e. The number of aryl methyl sites for hydroxylation is 1. The van der Waals surface area contributed by atoms with Crippen molar-refractivity contribution >= 4 is 57.2 Å². The summed E-state index contributed by atoms with van der Waals surface area (Å²) in [7, 11) is 1.55. The van der Waals surface area contributed by atoms with Crippen LogP contribution in [0.4, 0.5) is 11.4 Å². The maximum absolute atomic E-state index is 12.2. The van der Waals surface area contributed by atoms with E-state index in [-0.39, 0.29) is 16.7 Å². The van der Waals surface area contributed by atoms with Crippen LogP contribution in [0.25, 0.3) is 0 Å². The molecule has 0 bridgehead atoms. The zero-order valence-corrected chi connectivity index (χ0v) is 16.3. The molecular formula is C16H14IN3O4S. The second kappa shape index (κ2) is 8.21. The van der Waals surface area contributed by atoms with Crippen molar-refractivity contribution in [1.82, 2.24) is 5.32 Å². The number of hydrogen-bond donors (Lipinski definition) is 2. The molecule has 0 aliphatic carbocycles. The van der Waals surface area contributed by atoms with E-state index in [1.165, 1.54) is 6.07 Å². The van der Waals surface area contributed by atoms with Gasteiger partial charge < -0.3 is 10.1 Å². The highest BCUT2D eigenvalue weighted by molar-refractivity contribution is 14.1. The van der Waals surface area contributed by atoms with Crippen LogP contribution in [0.5, 0.6) is 5.75 Å². The number of amides is 1. The lowest BCUT2D eigenvalue weighted by atomic mass is 10.2. The van der Waals surface area contributed by atoms with Gasteiger partial charge in [0.25, 0.3) is 11.6 Å². The lowest BCUT2D eigenvalue weighted by Gasteiger charge is -2.11. The molecule has 7 nitrogen and oxygen atoms in total. The number of carbonyl (C=O) groups is 1. The molecule has 0 aromatic heterocycles. The van der Waals surface area contributed by atoms with Crippen LogP contribution in [0, 0.1) is 20.6 Å². The van der Waals surface area contributed by atoms with Crippen LogP contribution in [0.3, 0.4) is 0 Å².